The Morgan fingerprint density at radius 3 is 2.54 bits per heavy atom. The number of tetrazole rings is 1. The zero-order chi connectivity index (χ0) is 18.5. The van der Waals surface area contributed by atoms with E-state index in [-0.39, 0.29) is 11.5 Å². The van der Waals surface area contributed by atoms with E-state index in [2.05, 4.69) is 20.6 Å². The number of aromatic amines is 1. The molecule has 2 N–H and O–H groups in total. The maximum absolute atomic E-state index is 11.6. The Bertz CT molecular complexity index is 929. The fraction of sp³-hybridized carbons (Fsp3) is 0.200. The van der Waals surface area contributed by atoms with E-state index in [9.17, 15) is 9.90 Å². The van der Waals surface area contributed by atoms with Gasteiger partial charge >= 0.3 is 0 Å². The highest BCUT2D eigenvalue weighted by molar-refractivity contribution is 5.97. The van der Waals surface area contributed by atoms with E-state index < -0.39 is 0 Å². The molecule has 132 valence electrons. The number of carbonyl (C=O) groups is 1. The van der Waals surface area contributed by atoms with Crippen molar-refractivity contribution >= 4 is 17.9 Å². The van der Waals surface area contributed by atoms with E-state index in [1.54, 1.807) is 6.07 Å². The van der Waals surface area contributed by atoms with E-state index in [4.69, 9.17) is 0 Å². The molecule has 0 bridgehead atoms. The lowest BCUT2D eigenvalue weighted by Gasteiger charge is -2.11. The molecular weight excluding hydrogens is 328 g/mol. The average Bonchev–Trinajstić information content (AvgIpc) is 3.17. The van der Waals surface area contributed by atoms with Crippen LogP contribution in [0.1, 0.15) is 47.3 Å². The summed E-state index contributed by atoms with van der Waals surface area (Å²) in [6.45, 7) is 3.51. The topological polar surface area (TPSA) is 91.8 Å². The molecule has 0 fully saturated rings. The number of hydrogen-bond acceptors (Lipinski definition) is 5. The van der Waals surface area contributed by atoms with Crippen LogP contribution in [-0.4, -0.2) is 31.5 Å². The smallest absolute Gasteiger partial charge is 0.204 e. The Kier molecular flexibility index (Phi) is 5.22. The first kappa shape index (κ1) is 17.5. The Balaban J connectivity index is 1.88. The normalized spacial score (nSPS) is 11.2. The third-order valence-corrected chi connectivity index (χ3v) is 4.17. The van der Waals surface area contributed by atoms with E-state index in [0.717, 1.165) is 28.7 Å². The predicted octanol–water partition coefficient (Wildman–Crippen LogP) is 3.90. The summed E-state index contributed by atoms with van der Waals surface area (Å²) in [5, 5.41) is 24.3. The number of phenolic OH excluding ortho intramolecular Hbond substituents is 1. The molecule has 0 unspecified atom stereocenters. The van der Waals surface area contributed by atoms with Crippen molar-refractivity contribution in [2.24, 2.45) is 0 Å². The molecule has 0 radical (unpaired) electrons. The van der Waals surface area contributed by atoms with Crippen LogP contribution in [0.25, 0.3) is 23.5 Å². The zero-order valence-electron chi connectivity index (χ0n) is 14.7. The van der Waals surface area contributed by atoms with Crippen molar-refractivity contribution in [1.82, 2.24) is 20.6 Å². The van der Waals surface area contributed by atoms with Crippen LogP contribution >= 0.6 is 0 Å². The largest absolute Gasteiger partial charge is 0.507 e. The van der Waals surface area contributed by atoms with Crippen LogP contribution in [0.5, 0.6) is 5.75 Å². The molecule has 0 amide bonds. The summed E-state index contributed by atoms with van der Waals surface area (Å²) in [4.78, 5) is 11.6. The summed E-state index contributed by atoms with van der Waals surface area (Å²) in [6, 6.07) is 11.3. The molecule has 0 aliphatic rings. The van der Waals surface area contributed by atoms with Gasteiger partial charge < -0.3 is 5.11 Å². The van der Waals surface area contributed by atoms with Gasteiger partial charge in [0.1, 0.15) is 5.75 Å². The highest BCUT2D eigenvalue weighted by Gasteiger charge is 2.13. The number of rotatable bonds is 6. The molecule has 0 saturated carbocycles. The van der Waals surface area contributed by atoms with Crippen LogP contribution in [-0.2, 0) is 6.42 Å². The number of carbonyl (C=O) groups excluding carboxylic acids is 1. The summed E-state index contributed by atoms with van der Waals surface area (Å²) in [6.07, 6.45) is 5.53. The summed E-state index contributed by atoms with van der Waals surface area (Å²) in [7, 11) is 0. The number of ketones is 1. The fourth-order valence-corrected chi connectivity index (χ4v) is 2.82. The molecule has 1 aromatic heterocycles. The number of H-pyrrole nitrogens is 1. The van der Waals surface area contributed by atoms with Gasteiger partial charge in [-0.15, -0.1) is 10.2 Å². The number of benzene rings is 2. The molecule has 1 heterocycles. The molecule has 6 nitrogen and oxygen atoms in total. The molecule has 0 atom stereocenters. The van der Waals surface area contributed by atoms with Crippen LogP contribution in [0, 0.1) is 0 Å². The van der Waals surface area contributed by atoms with E-state index in [1.807, 2.05) is 49.4 Å². The summed E-state index contributed by atoms with van der Waals surface area (Å²) in [5.41, 5.74) is 3.98. The molecule has 0 aliphatic carbocycles. The lowest BCUT2D eigenvalue weighted by atomic mass is 9.96. The van der Waals surface area contributed by atoms with Gasteiger partial charge in [-0.3, -0.25) is 4.79 Å². The minimum absolute atomic E-state index is 0.0916. The van der Waals surface area contributed by atoms with Crippen molar-refractivity contribution in [2.75, 3.05) is 0 Å². The van der Waals surface area contributed by atoms with Crippen molar-refractivity contribution in [3.05, 3.63) is 58.7 Å². The number of Topliss-reactive ketones (excluding diaryl/α,β-unsaturated/α-hetero) is 1. The van der Waals surface area contributed by atoms with Crippen molar-refractivity contribution < 1.29 is 9.90 Å². The lowest BCUT2D eigenvalue weighted by Crippen LogP contribution is -1.98. The highest BCUT2D eigenvalue weighted by atomic mass is 16.3. The summed E-state index contributed by atoms with van der Waals surface area (Å²) >= 11 is 0. The molecule has 0 spiro atoms. The third-order valence-electron chi connectivity index (χ3n) is 4.17. The quantitative estimate of drug-likeness (QED) is 0.521. The molecular formula is C20H20N4O2. The van der Waals surface area contributed by atoms with Crippen LogP contribution in [0.4, 0.5) is 0 Å². The summed E-state index contributed by atoms with van der Waals surface area (Å²) in [5.74, 6) is 0.511. The lowest BCUT2D eigenvalue weighted by molar-refractivity contribution is 0.101. The van der Waals surface area contributed by atoms with E-state index in [1.165, 1.54) is 6.92 Å². The van der Waals surface area contributed by atoms with E-state index >= 15 is 0 Å². The second kappa shape index (κ2) is 7.74. The monoisotopic (exact) mass is 348 g/mol. The molecule has 3 rings (SSSR count). The predicted molar refractivity (Wildman–Crippen MR) is 101 cm³/mol. The summed E-state index contributed by atoms with van der Waals surface area (Å²) < 4.78 is 0. The van der Waals surface area contributed by atoms with Gasteiger partial charge in [-0.1, -0.05) is 55.8 Å². The Morgan fingerprint density at radius 1 is 1.15 bits per heavy atom. The zero-order valence-corrected chi connectivity index (χ0v) is 14.7. The Morgan fingerprint density at radius 2 is 1.92 bits per heavy atom. The number of phenols is 1. The van der Waals surface area contributed by atoms with Gasteiger partial charge in [-0.05, 0) is 35.8 Å². The van der Waals surface area contributed by atoms with Gasteiger partial charge in [0.2, 0.25) is 5.82 Å². The number of nitrogens with zero attached hydrogens (tertiary/aromatic N) is 3. The molecule has 26 heavy (non-hydrogen) atoms. The molecule has 6 heteroatoms. The van der Waals surface area contributed by atoms with Crippen LogP contribution in [0.15, 0.2) is 36.4 Å². The average molecular weight is 348 g/mol. The SMILES string of the molecule is CCCc1c(C=Cc2ccc(-c3nn[nH]n3)cc2)ccc(C(C)=O)c1O. The number of aromatic nitrogens is 4. The Labute approximate surface area is 151 Å². The number of hydrogen-bond donors (Lipinski definition) is 2. The second-order valence-corrected chi connectivity index (χ2v) is 6.03. The van der Waals surface area contributed by atoms with Gasteiger partial charge in [0.25, 0.3) is 0 Å². The van der Waals surface area contributed by atoms with Crippen LogP contribution < -0.4 is 0 Å². The third kappa shape index (κ3) is 3.69. The maximum atomic E-state index is 11.6. The van der Waals surface area contributed by atoms with Gasteiger partial charge in [0, 0.05) is 11.1 Å². The fourth-order valence-electron chi connectivity index (χ4n) is 2.82. The first-order chi connectivity index (χ1) is 12.6. The van der Waals surface area contributed by atoms with Gasteiger partial charge in [-0.2, -0.15) is 5.21 Å². The van der Waals surface area contributed by atoms with E-state index in [0.29, 0.717) is 17.8 Å². The van der Waals surface area contributed by atoms with Crippen LogP contribution in [0.2, 0.25) is 0 Å². The molecule has 0 aliphatic heterocycles. The molecule has 3 aromatic rings. The first-order valence-electron chi connectivity index (χ1n) is 8.48. The Hall–Kier alpha value is -3.28. The highest BCUT2D eigenvalue weighted by Crippen LogP contribution is 2.29. The van der Waals surface area contributed by atoms with Gasteiger partial charge in [-0.25, -0.2) is 0 Å². The first-order valence-corrected chi connectivity index (χ1v) is 8.48. The standard InChI is InChI=1S/C20H20N4O2/c1-3-4-18-15(11-12-17(13(2)25)19(18)26)8-5-14-6-9-16(10-7-14)20-21-23-24-22-20/h5-12,26H,3-4H2,1-2H3,(H,21,22,23,24). The molecule has 0 saturated heterocycles. The van der Waals surface area contributed by atoms with Crippen molar-refractivity contribution in [3.63, 3.8) is 0 Å². The maximum Gasteiger partial charge on any atom is 0.204 e. The molecule has 2 aromatic carbocycles. The van der Waals surface area contributed by atoms with Crippen molar-refractivity contribution in [2.45, 2.75) is 26.7 Å². The number of aromatic hydroxyl groups is 1. The van der Waals surface area contributed by atoms with Crippen molar-refractivity contribution in [1.29, 1.82) is 0 Å². The second-order valence-electron chi connectivity index (χ2n) is 6.03. The van der Waals surface area contributed by atoms with Crippen molar-refractivity contribution in [3.8, 4) is 17.1 Å². The van der Waals surface area contributed by atoms with Crippen LogP contribution in [0.3, 0.4) is 0 Å². The minimum atomic E-state index is -0.132. The van der Waals surface area contributed by atoms with Gasteiger partial charge in [0.15, 0.2) is 5.78 Å². The van der Waals surface area contributed by atoms with Gasteiger partial charge in [0.05, 0.1) is 5.56 Å². The number of nitrogens with one attached hydrogen (secondary N) is 1. The minimum Gasteiger partial charge on any atom is -0.507 e.